The molecule has 0 bridgehead atoms. The second kappa shape index (κ2) is 15.7. The predicted molar refractivity (Wildman–Crippen MR) is 311 cm³/mol. The van der Waals surface area contributed by atoms with E-state index in [0.29, 0.717) is 0 Å². The Kier molecular flexibility index (Phi) is 9.97. The number of anilines is 6. The summed E-state index contributed by atoms with van der Waals surface area (Å²) in [6, 6.07) is 68.3. The third-order valence-electron chi connectivity index (χ3n) is 15.7. The van der Waals surface area contributed by atoms with Crippen LogP contribution in [0, 0.1) is 0 Å². The van der Waals surface area contributed by atoms with Gasteiger partial charge in [0.2, 0.25) is 0 Å². The Bertz CT molecular complexity index is 3520. The molecule has 71 heavy (non-hydrogen) atoms. The fourth-order valence-electron chi connectivity index (χ4n) is 11.6. The maximum Gasteiger partial charge on any atom is 0.252 e. The summed E-state index contributed by atoms with van der Waals surface area (Å²) in [7, 11) is 0. The number of rotatable bonds is 3. The molecule has 10 aromatic rings. The van der Waals surface area contributed by atoms with E-state index in [-0.39, 0.29) is 28.4 Å². The van der Waals surface area contributed by atoms with E-state index in [1.807, 2.05) is 0 Å². The predicted octanol–water partition coefficient (Wildman–Crippen LogP) is 17.2. The summed E-state index contributed by atoms with van der Waals surface area (Å²) in [6.07, 6.45) is 0. The molecule has 0 aliphatic carbocycles. The van der Waals surface area contributed by atoms with Gasteiger partial charge in [0.1, 0.15) is 0 Å². The molecule has 12 rings (SSSR count). The summed E-state index contributed by atoms with van der Waals surface area (Å²) >= 11 is 0. The highest BCUT2D eigenvalue weighted by Crippen LogP contribution is 2.50. The molecule has 0 unspecified atom stereocenters. The Balaban J connectivity index is 1.28. The summed E-state index contributed by atoms with van der Waals surface area (Å²) in [4.78, 5) is 5.32. The maximum atomic E-state index is 2.66. The van der Waals surface area contributed by atoms with Crippen LogP contribution in [-0.2, 0) is 21.7 Å². The highest BCUT2D eigenvalue weighted by Gasteiger charge is 2.45. The molecule has 0 atom stereocenters. The number of benzene rings is 10. The molecule has 0 N–H and O–H groups in total. The van der Waals surface area contributed by atoms with Crippen molar-refractivity contribution in [2.45, 2.75) is 105 Å². The Morgan fingerprint density at radius 1 is 0.296 bits per heavy atom. The largest absolute Gasteiger partial charge is 0.311 e. The van der Waals surface area contributed by atoms with Crippen LogP contribution >= 0.6 is 0 Å². The molecule has 0 radical (unpaired) electrons. The van der Waals surface area contributed by atoms with Crippen molar-refractivity contribution in [2.24, 2.45) is 0 Å². The van der Waals surface area contributed by atoms with Crippen molar-refractivity contribution in [1.82, 2.24) is 0 Å². The van der Waals surface area contributed by atoms with Gasteiger partial charge in [0.25, 0.3) is 6.71 Å². The molecule has 0 spiro atoms. The van der Waals surface area contributed by atoms with Crippen LogP contribution in [0.5, 0.6) is 0 Å². The van der Waals surface area contributed by atoms with Gasteiger partial charge in [-0.3, -0.25) is 0 Å². The van der Waals surface area contributed by atoms with Gasteiger partial charge in [-0.05, 0) is 163 Å². The zero-order chi connectivity index (χ0) is 49.5. The number of hydrogen-bond acceptors (Lipinski definition) is 2. The van der Waals surface area contributed by atoms with Crippen LogP contribution in [0.4, 0.5) is 34.1 Å². The molecule has 0 fully saturated rings. The molecule has 10 aromatic carbocycles. The molecule has 350 valence electrons. The van der Waals surface area contributed by atoms with E-state index in [2.05, 4.69) is 269 Å². The first-order valence-electron chi connectivity index (χ1n) is 25.8. The minimum absolute atomic E-state index is 0.0603. The number of fused-ring (bicyclic) bond motifs is 10. The molecule has 0 aromatic heterocycles. The highest BCUT2D eigenvalue weighted by molar-refractivity contribution is 7.00. The van der Waals surface area contributed by atoms with Crippen LogP contribution < -0.4 is 26.2 Å². The van der Waals surface area contributed by atoms with E-state index >= 15 is 0 Å². The van der Waals surface area contributed by atoms with Gasteiger partial charge in [-0.1, -0.05) is 210 Å². The highest BCUT2D eigenvalue weighted by atomic mass is 15.2. The standard InChI is InChI=1S/C68H65BN2/c1-65(2,3)48-34-49(66(4,5)6)37-52(36-48)70-60-40-56-45(28-26-43-22-16-18-24-54(43)56)30-58(60)69-59-31-46-29-27-44-23-17-19-25-55(44)57(46)41-61(59)71(53-38-50(67(7,8)9)35-51(39-53)68(10,11)12)63-33-47(32-62(70)64(63)69)42-20-14-13-15-21-42/h13-41H,1-12H3. The first-order chi connectivity index (χ1) is 33.7. The minimum Gasteiger partial charge on any atom is -0.311 e. The van der Waals surface area contributed by atoms with E-state index in [1.54, 1.807) is 0 Å². The van der Waals surface area contributed by atoms with Crippen molar-refractivity contribution < 1.29 is 0 Å². The quantitative estimate of drug-likeness (QED) is 0.129. The molecule has 3 heteroatoms. The molecule has 0 saturated heterocycles. The van der Waals surface area contributed by atoms with Crippen molar-refractivity contribution in [3.63, 3.8) is 0 Å². The topological polar surface area (TPSA) is 6.48 Å². The molecule has 2 aliphatic heterocycles. The second-order valence-electron chi connectivity index (χ2n) is 24.8. The first kappa shape index (κ1) is 45.1. The molecule has 0 saturated carbocycles. The number of nitrogens with zero attached hydrogens (tertiary/aromatic N) is 2. The van der Waals surface area contributed by atoms with Gasteiger partial charge in [-0.2, -0.15) is 0 Å². The van der Waals surface area contributed by atoms with E-state index in [9.17, 15) is 0 Å². The third kappa shape index (κ3) is 7.46. The fraction of sp³-hybridized carbons (Fsp3) is 0.235. The minimum atomic E-state index is -0.0775. The lowest BCUT2D eigenvalue weighted by molar-refractivity contribution is 0.568. The van der Waals surface area contributed by atoms with E-state index in [0.717, 1.165) is 0 Å². The zero-order valence-corrected chi connectivity index (χ0v) is 43.7. The van der Waals surface area contributed by atoms with E-state index in [4.69, 9.17) is 0 Å². The molecular weight excluding hydrogens is 856 g/mol. The van der Waals surface area contributed by atoms with Crippen molar-refractivity contribution >= 4 is 100 Å². The lowest BCUT2D eigenvalue weighted by Crippen LogP contribution is -2.61. The van der Waals surface area contributed by atoms with E-state index < -0.39 is 0 Å². The molecule has 2 heterocycles. The van der Waals surface area contributed by atoms with Gasteiger partial charge in [-0.15, -0.1) is 0 Å². The van der Waals surface area contributed by atoms with Crippen LogP contribution in [0.25, 0.3) is 54.2 Å². The Morgan fingerprint density at radius 3 is 1.06 bits per heavy atom. The Labute approximate surface area is 422 Å². The first-order valence-corrected chi connectivity index (χ1v) is 25.8. The Hall–Kier alpha value is -7.10. The monoisotopic (exact) mass is 921 g/mol. The van der Waals surface area contributed by atoms with Gasteiger partial charge in [0.15, 0.2) is 0 Å². The molecule has 2 nitrogen and oxygen atoms in total. The summed E-state index contributed by atoms with van der Waals surface area (Å²) < 4.78 is 0. The summed E-state index contributed by atoms with van der Waals surface area (Å²) in [5.74, 6) is 0. The average molecular weight is 921 g/mol. The van der Waals surface area contributed by atoms with Crippen molar-refractivity contribution in [1.29, 1.82) is 0 Å². The van der Waals surface area contributed by atoms with Crippen molar-refractivity contribution in [3.8, 4) is 11.1 Å². The van der Waals surface area contributed by atoms with Crippen LogP contribution in [0.3, 0.4) is 0 Å². The summed E-state index contributed by atoms with van der Waals surface area (Å²) in [5, 5.41) is 10.1. The average Bonchev–Trinajstić information content (AvgIpc) is 3.34. The Morgan fingerprint density at radius 2 is 0.662 bits per heavy atom. The smallest absolute Gasteiger partial charge is 0.252 e. The van der Waals surface area contributed by atoms with Crippen LogP contribution in [-0.4, -0.2) is 6.71 Å². The van der Waals surface area contributed by atoms with Gasteiger partial charge in [-0.25, -0.2) is 0 Å². The summed E-state index contributed by atoms with van der Waals surface area (Å²) in [5.41, 5.74) is 18.7. The second-order valence-corrected chi connectivity index (χ2v) is 24.8. The van der Waals surface area contributed by atoms with Crippen LogP contribution in [0.2, 0.25) is 0 Å². The van der Waals surface area contributed by atoms with Crippen LogP contribution in [0.1, 0.15) is 105 Å². The summed E-state index contributed by atoms with van der Waals surface area (Å²) in [6.45, 7) is 28.2. The normalized spacial score (nSPS) is 13.8. The van der Waals surface area contributed by atoms with Gasteiger partial charge in [0, 0.05) is 34.1 Å². The zero-order valence-electron chi connectivity index (χ0n) is 43.7. The van der Waals surface area contributed by atoms with Crippen molar-refractivity contribution in [3.05, 3.63) is 198 Å². The van der Waals surface area contributed by atoms with Gasteiger partial charge < -0.3 is 9.80 Å². The molecule has 2 aliphatic rings. The lowest BCUT2D eigenvalue weighted by atomic mass is 9.33. The third-order valence-corrected chi connectivity index (χ3v) is 15.7. The SMILES string of the molecule is CC(C)(C)c1cc(N2c3cc4c(ccc5ccccc54)cc3B3c4cc5ccc6ccccc6c5cc4N(c4cc(C(C)(C)C)cc(C(C)(C)C)c4)c4cc(-c5ccccc5)cc2c43)cc(C(C)(C)C)c1. The molecular formula is C68H65BN2. The fourth-order valence-corrected chi connectivity index (χ4v) is 11.6. The van der Waals surface area contributed by atoms with Crippen LogP contribution in [0.15, 0.2) is 176 Å². The van der Waals surface area contributed by atoms with Gasteiger partial charge >= 0.3 is 0 Å². The van der Waals surface area contributed by atoms with Crippen molar-refractivity contribution in [2.75, 3.05) is 9.80 Å². The number of hydrogen-bond donors (Lipinski definition) is 0. The van der Waals surface area contributed by atoms with E-state index in [1.165, 1.54) is 127 Å². The van der Waals surface area contributed by atoms with Gasteiger partial charge in [0.05, 0.1) is 0 Å². The lowest BCUT2D eigenvalue weighted by Gasteiger charge is -2.45. The molecule has 0 amide bonds. The maximum absolute atomic E-state index is 2.66.